The molecule has 0 radical (unpaired) electrons. The molecule has 0 unspecified atom stereocenters. The van der Waals surface area contributed by atoms with Gasteiger partial charge in [0.2, 0.25) is 5.91 Å². The van der Waals surface area contributed by atoms with Crippen molar-refractivity contribution in [3.05, 3.63) is 60.3 Å². The molecule has 0 aliphatic rings. The second-order valence-corrected chi connectivity index (χ2v) is 8.19. The average molecular weight is 422 g/mol. The lowest BCUT2D eigenvalue weighted by atomic mass is 10.1. The van der Waals surface area contributed by atoms with Crippen LogP contribution in [0.2, 0.25) is 0 Å². The molecule has 1 aromatic heterocycles. The molecule has 0 aliphatic heterocycles. The van der Waals surface area contributed by atoms with Crippen LogP contribution in [0.15, 0.2) is 54.7 Å². The number of nitrogens with zero attached hydrogens (tertiary/aromatic N) is 3. The van der Waals surface area contributed by atoms with Gasteiger partial charge in [-0.05, 0) is 58.5 Å². The SMILES string of the molecule is CN(C)CCC(=O)Nc1ccc(NC(=O)c2cn(CCN(C)C)c3ccccc23)cc1. The van der Waals surface area contributed by atoms with Gasteiger partial charge in [-0.3, -0.25) is 9.59 Å². The van der Waals surface area contributed by atoms with E-state index in [0.29, 0.717) is 29.9 Å². The summed E-state index contributed by atoms with van der Waals surface area (Å²) < 4.78 is 2.12. The van der Waals surface area contributed by atoms with Gasteiger partial charge in [-0.15, -0.1) is 0 Å². The number of hydrogen-bond acceptors (Lipinski definition) is 4. The standard InChI is InChI=1S/C24H31N5O2/c1-27(2)14-13-23(30)25-18-9-11-19(12-10-18)26-24(31)21-17-29(16-15-28(3)4)22-8-6-5-7-20(21)22/h5-12,17H,13-16H2,1-4H3,(H,25,30)(H,26,31). The monoisotopic (exact) mass is 421 g/mol. The van der Waals surface area contributed by atoms with E-state index < -0.39 is 0 Å². The van der Waals surface area contributed by atoms with Crippen LogP contribution in [0, 0.1) is 0 Å². The molecule has 164 valence electrons. The largest absolute Gasteiger partial charge is 0.345 e. The molecule has 7 heteroatoms. The van der Waals surface area contributed by atoms with Gasteiger partial charge in [-0.2, -0.15) is 0 Å². The zero-order valence-corrected chi connectivity index (χ0v) is 18.7. The first-order valence-corrected chi connectivity index (χ1v) is 10.4. The normalized spacial score (nSPS) is 11.3. The zero-order valence-electron chi connectivity index (χ0n) is 18.7. The molecular weight excluding hydrogens is 390 g/mol. The topological polar surface area (TPSA) is 69.6 Å². The number of likely N-dealkylation sites (N-methyl/N-ethyl adjacent to an activating group) is 1. The lowest BCUT2D eigenvalue weighted by Crippen LogP contribution is -2.20. The minimum atomic E-state index is -0.150. The lowest BCUT2D eigenvalue weighted by molar-refractivity contribution is -0.116. The summed E-state index contributed by atoms with van der Waals surface area (Å²) in [6, 6.07) is 15.1. The van der Waals surface area contributed by atoms with Crippen LogP contribution in [-0.4, -0.2) is 67.5 Å². The zero-order chi connectivity index (χ0) is 22.4. The Morgan fingerprint density at radius 1 is 0.839 bits per heavy atom. The summed E-state index contributed by atoms with van der Waals surface area (Å²) in [6.07, 6.45) is 2.35. The Bertz CT molecular complexity index is 1040. The third-order valence-electron chi connectivity index (χ3n) is 5.03. The van der Waals surface area contributed by atoms with Gasteiger partial charge in [0, 0.05) is 54.5 Å². The summed E-state index contributed by atoms with van der Waals surface area (Å²) in [6.45, 7) is 2.40. The van der Waals surface area contributed by atoms with Gasteiger partial charge in [0.15, 0.2) is 0 Å². The molecule has 0 fully saturated rings. The number of rotatable bonds is 9. The molecule has 0 saturated carbocycles. The Balaban J connectivity index is 1.69. The van der Waals surface area contributed by atoms with E-state index in [9.17, 15) is 9.59 Å². The Kier molecular flexibility index (Phi) is 7.44. The predicted octanol–water partition coefficient (Wildman–Crippen LogP) is 3.35. The van der Waals surface area contributed by atoms with E-state index in [4.69, 9.17) is 0 Å². The molecule has 0 spiro atoms. The molecule has 3 aromatic rings. The predicted molar refractivity (Wildman–Crippen MR) is 127 cm³/mol. The molecule has 31 heavy (non-hydrogen) atoms. The van der Waals surface area contributed by atoms with Crippen molar-refractivity contribution in [1.29, 1.82) is 0 Å². The van der Waals surface area contributed by atoms with E-state index in [1.165, 1.54) is 0 Å². The quantitative estimate of drug-likeness (QED) is 0.556. The molecule has 0 atom stereocenters. The van der Waals surface area contributed by atoms with Crippen molar-refractivity contribution < 1.29 is 9.59 Å². The fourth-order valence-electron chi connectivity index (χ4n) is 3.30. The van der Waals surface area contributed by atoms with Crippen LogP contribution >= 0.6 is 0 Å². The van der Waals surface area contributed by atoms with Gasteiger partial charge in [-0.1, -0.05) is 18.2 Å². The van der Waals surface area contributed by atoms with Crippen molar-refractivity contribution >= 4 is 34.1 Å². The third-order valence-corrected chi connectivity index (χ3v) is 5.03. The third kappa shape index (κ3) is 6.16. The highest BCUT2D eigenvalue weighted by atomic mass is 16.2. The number of benzene rings is 2. The van der Waals surface area contributed by atoms with E-state index in [0.717, 1.165) is 24.0 Å². The van der Waals surface area contributed by atoms with Crippen molar-refractivity contribution in [3.8, 4) is 0 Å². The number of fused-ring (bicyclic) bond motifs is 1. The molecule has 0 saturated heterocycles. The molecule has 0 bridgehead atoms. The Morgan fingerprint density at radius 2 is 1.45 bits per heavy atom. The molecule has 0 aliphatic carbocycles. The summed E-state index contributed by atoms with van der Waals surface area (Å²) in [5.74, 6) is -0.182. The highest BCUT2D eigenvalue weighted by molar-refractivity contribution is 6.13. The van der Waals surface area contributed by atoms with Crippen molar-refractivity contribution in [3.63, 3.8) is 0 Å². The maximum absolute atomic E-state index is 13.0. The molecule has 7 nitrogen and oxygen atoms in total. The summed E-state index contributed by atoms with van der Waals surface area (Å²) >= 11 is 0. The van der Waals surface area contributed by atoms with E-state index in [1.807, 2.05) is 63.6 Å². The number of para-hydroxylation sites is 1. The lowest BCUT2D eigenvalue weighted by Gasteiger charge is -2.11. The minimum absolute atomic E-state index is 0.0315. The van der Waals surface area contributed by atoms with Crippen molar-refractivity contribution in [2.45, 2.75) is 13.0 Å². The van der Waals surface area contributed by atoms with Crippen LogP contribution in [0.5, 0.6) is 0 Å². The van der Waals surface area contributed by atoms with Crippen LogP contribution in [-0.2, 0) is 11.3 Å². The second-order valence-electron chi connectivity index (χ2n) is 8.19. The van der Waals surface area contributed by atoms with E-state index in [-0.39, 0.29) is 11.8 Å². The first-order valence-electron chi connectivity index (χ1n) is 10.4. The number of amides is 2. The van der Waals surface area contributed by atoms with Crippen LogP contribution in [0.1, 0.15) is 16.8 Å². The van der Waals surface area contributed by atoms with Crippen LogP contribution in [0.4, 0.5) is 11.4 Å². The fraction of sp³-hybridized carbons (Fsp3) is 0.333. The maximum Gasteiger partial charge on any atom is 0.257 e. The first kappa shape index (κ1) is 22.5. The number of carbonyl (C=O) groups is 2. The highest BCUT2D eigenvalue weighted by Crippen LogP contribution is 2.23. The van der Waals surface area contributed by atoms with Crippen molar-refractivity contribution in [1.82, 2.24) is 14.4 Å². The minimum Gasteiger partial charge on any atom is -0.345 e. The number of anilines is 2. The summed E-state index contributed by atoms with van der Waals surface area (Å²) in [7, 11) is 7.94. The number of carbonyl (C=O) groups excluding carboxylic acids is 2. The van der Waals surface area contributed by atoms with Gasteiger partial charge >= 0.3 is 0 Å². The molecule has 2 N–H and O–H groups in total. The molecule has 2 amide bonds. The number of aromatic nitrogens is 1. The van der Waals surface area contributed by atoms with E-state index >= 15 is 0 Å². The van der Waals surface area contributed by atoms with Crippen molar-refractivity contribution in [2.75, 3.05) is 51.9 Å². The van der Waals surface area contributed by atoms with Crippen molar-refractivity contribution in [2.24, 2.45) is 0 Å². The first-order chi connectivity index (χ1) is 14.8. The Labute approximate surface area is 183 Å². The molecular formula is C24H31N5O2. The second kappa shape index (κ2) is 10.2. The number of nitrogens with one attached hydrogen (secondary N) is 2. The van der Waals surface area contributed by atoms with Gasteiger partial charge in [0.05, 0.1) is 5.56 Å². The smallest absolute Gasteiger partial charge is 0.257 e. The Hall–Kier alpha value is -3.16. The Morgan fingerprint density at radius 3 is 2.10 bits per heavy atom. The maximum atomic E-state index is 13.0. The van der Waals surface area contributed by atoms with Crippen LogP contribution in [0.25, 0.3) is 10.9 Å². The van der Waals surface area contributed by atoms with Gasteiger partial charge in [0.1, 0.15) is 0 Å². The molecule has 3 rings (SSSR count). The summed E-state index contributed by atoms with van der Waals surface area (Å²) in [5, 5.41) is 6.78. The molecule has 1 heterocycles. The van der Waals surface area contributed by atoms with E-state index in [2.05, 4.69) is 20.1 Å². The summed E-state index contributed by atoms with van der Waals surface area (Å²) in [5.41, 5.74) is 3.09. The van der Waals surface area contributed by atoms with Crippen LogP contribution < -0.4 is 10.6 Å². The average Bonchev–Trinajstić information content (AvgIpc) is 3.11. The fourth-order valence-corrected chi connectivity index (χ4v) is 3.30. The number of hydrogen-bond donors (Lipinski definition) is 2. The van der Waals surface area contributed by atoms with Crippen LogP contribution in [0.3, 0.4) is 0 Å². The molecule has 2 aromatic carbocycles. The van der Waals surface area contributed by atoms with Gasteiger partial charge < -0.3 is 25.0 Å². The van der Waals surface area contributed by atoms with E-state index in [1.54, 1.807) is 24.3 Å². The summed E-state index contributed by atoms with van der Waals surface area (Å²) in [4.78, 5) is 29.0. The highest BCUT2D eigenvalue weighted by Gasteiger charge is 2.15. The van der Waals surface area contributed by atoms with Gasteiger partial charge in [0.25, 0.3) is 5.91 Å². The van der Waals surface area contributed by atoms with Gasteiger partial charge in [-0.25, -0.2) is 0 Å².